The molecule has 0 radical (unpaired) electrons. The topological polar surface area (TPSA) is 4.41 Å². The number of rotatable bonds is 5. The summed E-state index contributed by atoms with van der Waals surface area (Å²) in [5.41, 5.74) is 4.72. The van der Waals surface area contributed by atoms with Gasteiger partial charge in [0.25, 0.3) is 0 Å². The molecule has 0 spiro atoms. The van der Waals surface area contributed by atoms with Gasteiger partial charge in [-0.05, 0) is 39.8 Å². The van der Waals surface area contributed by atoms with Gasteiger partial charge in [0.05, 0.1) is 16.6 Å². The summed E-state index contributed by atoms with van der Waals surface area (Å²) in [5.74, 6) is 0. The second-order valence-corrected chi connectivity index (χ2v) is 5.70. The van der Waals surface area contributed by atoms with Gasteiger partial charge in [0.1, 0.15) is 0 Å². The van der Waals surface area contributed by atoms with E-state index in [1.807, 2.05) is 32.1 Å². The van der Waals surface area contributed by atoms with Crippen LogP contribution < -0.4 is 15.8 Å². The molecule has 2 aromatic heterocycles. The number of allylic oxidation sites excluding steroid dienone is 5. The van der Waals surface area contributed by atoms with Crippen LogP contribution in [0.3, 0.4) is 0 Å². The first-order valence-electron chi connectivity index (χ1n) is 8.70. The van der Waals surface area contributed by atoms with E-state index in [2.05, 4.69) is 80.0 Å². The molecular weight excluding hydrogens is 302 g/mol. The third kappa shape index (κ3) is 3.10. The first-order chi connectivity index (χ1) is 12.2. The van der Waals surface area contributed by atoms with Crippen molar-refractivity contribution in [3.63, 3.8) is 0 Å². The van der Waals surface area contributed by atoms with E-state index in [4.69, 9.17) is 0 Å². The Hall–Kier alpha value is -2.80. The zero-order valence-corrected chi connectivity index (χ0v) is 15.7. The molecule has 0 aliphatic rings. The highest BCUT2D eigenvalue weighted by atomic mass is 14.9. The van der Waals surface area contributed by atoms with Crippen molar-refractivity contribution in [1.82, 2.24) is 4.40 Å². The zero-order valence-electron chi connectivity index (χ0n) is 15.7. The summed E-state index contributed by atoms with van der Waals surface area (Å²) in [6.07, 6.45) is 22.9. The van der Waals surface area contributed by atoms with Gasteiger partial charge in [-0.25, -0.2) is 0 Å². The molecule has 128 valence electrons. The van der Waals surface area contributed by atoms with E-state index in [0.29, 0.717) is 0 Å². The second-order valence-electron chi connectivity index (χ2n) is 5.70. The van der Waals surface area contributed by atoms with Crippen LogP contribution in [0.1, 0.15) is 44.5 Å². The van der Waals surface area contributed by atoms with Crippen molar-refractivity contribution in [1.29, 1.82) is 0 Å². The maximum Gasteiger partial charge on any atom is 0.0620 e. The Kier molecular flexibility index (Phi) is 6.19. The van der Waals surface area contributed by atoms with Gasteiger partial charge in [0.2, 0.25) is 0 Å². The monoisotopic (exact) mass is 329 g/mol. The van der Waals surface area contributed by atoms with Gasteiger partial charge in [-0.15, -0.1) is 0 Å². The summed E-state index contributed by atoms with van der Waals surface area (Å²) in [4.78, 5) is 0. The molecule has 0 amide bonds. The lowest BCUT2D eigenvalue weighted by atomic mass is 10.1. The van der Waals surface area contributed by atoms with E-state index in [1.165, 1.54) is 32.6 Å². The van der Waals surface area contributed by atoms with Gasteiger partial charge < -0.3 is 4.40 Å². The van der Waals surface area contributed by atoms with E-state index in [1.54, 1.807) is 0 Å². The number of aromatic nitrogens is 1. The summed E-state index contributed by atoms with van der Waals surface area (Å²) in [6.45, 7) is 16.2. The maximum atomic E-state index is 4.07. The minimum Gasteiger partial charge on any atom is -0.308 e. The van der Waals surface area contributed by atoms with Gasteiger partial charge in [0, 0.05) is 21.6 Å². The van der Waals surface area contributed by atoms with E-state index >= 15 is 0 Å². The maximum absolute atomic E-state index is 4.07. The molecule has 0 unspecified atom stereocenters. The molecule has 25 heavy (non-hydrogen) atoms. The fraction of sp³-hybridized carbons (Fsp3) is 0.167. The molecule has 0 N–H and O–H groups in total. The molecule has 0 saturated heterocycles. The van der Waals surface area contributed by atoms with Crippen molar-refractivity contribution in [2.75, 3.05) is 0 Å². The van der Waals surface area contributed by atoms with E-state index < -0.39 is 0 Å². The Morgan fingerprint density at radius 1 is 0.800 bits per heavy atom. The van der Waals surface area contributed by atoms with Crippen LogP contribution in [-0.4, -0.2) is 4.40 Å². The third-order valence-corrected chi connectivity index (χ3v) is 4.23. The van der Waals surface area contributed by atoms with Crippen LogP contribution in [-0.2, 0) is 0 Å². The summed E-state index contributed by atoms with van der Waals surface area (Å²) < 4.78 is 2.33. The van der Waals surface area contributed by atoms with Crippen LogP contribution in [0.5, 0.6) is 0 Å². The Morgan fingerprint density at radius 3 is 2.04 bits per heavy atom. The molecule has 0 saturated carbocycles. The van der Waals surface area contributed by atoms with Crippen LogP contribution >= 0.6 is 0 Å². The van der Waals surface area contributed by atoms with Crippen LogP contribution in [0, 0.1) is 0 Å². The quantitative estimate of drug-likeness (QED) is 0.761. The summed E-state index contributed by atoms with van der Waals surface area (Å²) in [6, 6.07) is 0. The molecule has 0 bridgehead atoms. The van der Waals surface area contributed by atoms with E-state index in [-0.39, 0.29) is 0 Å². The summed E-state index contributed by atoms with van der Waals surface area (Å²) in [5, 5.41) is 3.56. The molecule has 0 atom stereocenters. The van der Waals surface area contributed by atoms with Gasteiger partial charge in [-0.3, -0.25) is 0 Å². The van der Waals surface area contributed by atoms with E-state index in [0.717, 1.165) is 5.56 Å². The summed E-state index contributed by atoms with van der Waals surface area (Å²) in [7, 11) is 0. The molecule has 0 aromatic carbocycles. The lowest BCUT2D eigenvalue weighted by Crippen LogP contribution is -2.27. The largest absolute Gasteiger partial charge is 0.308 e. The molecule has 0 fully saturated rings. The molecule has 1 nitrogen and oxygen atoms in total. The van der Waals surface area contributed by atoms with Crippen molar-refractivity contribution in [3.05, 3.63) is 76.1 Å². The Labute approximate surface area is 150 Å². The molecule has 2 heterocycles. The lowest BCUT2D eigenvalue weighted by molar-refractivity contribution is 1.14. The van der Waals surface area contributed by atoms with Crippen LogP contribution in [0.15, 0.2) is 43.5 Å². The fourth-order valence-corrected chi connectivity index (χ4v) is 3.34. The minimum atomic E-state index is 1.16. The van der Waals surface area contributed by atoms with Gasteiger partial charge in [-0.2, -0.15) is 0 Å². The fourth-order valence-electron chi connectivity index (χ4n) is 3.34. The Balaban J connectivity index is 3.37. The first-order valence-corrected chi connectivity index (χ1v) is 8.70. The molecule has 2 aromatic rings. The van der Waals surface area contributed by atoms with Crippen molar-refractivity contribution < 1.29 is 0 Å². The average Bonchev–Trinajstić information content (AvgIpc) is 3.07. The minimum absolute atomic E-state index is 1.16. The standard InChI is InChI=1S/C24H27N/c1-7-13-17-23-18(11-5)19(12-6)24-21(15-9-3)20(14-8-2)22(16-10-4)25(23)24/h7-17H,3,6H2,1-2,4-5H3/b13-7-,14-8-,16-10-,18-11-,21-15-,23-17+. The third-order valence-electron chi connectivity index (χ3n) is 4.23. The van der Waals surface area contributed by atoms with Crippen molar-refractivity contribution in [3.8, 4) is 0 Å². The van der Waals surface area contributed by atoms with Crippen LogP contribution in [0.2, 0.25) is 0 Å². The zero-order chi connectivity index (χ0) is 18.4. The molecular formula is C24H27N. The van der Waals surface area contributed by atoms with Crippen molar-refractivity contribution in [2.24, 2.45) is 0 Å². The van der Waals surface area contributed by atoms with Crippen molar-refractivity contribution >= 4 is 42.0 Å². The predicted molar refractivity (Wildman–Crippen MR) is 115 cm³/mol. The number of hydrogen-bond acceptors (Lipinski definition) is 0. The second kappa shape index (κ2) is 8.34. The Morgan fingerprint density at radius 2 is 1.52 bits per heavy atom. The van der Waals surface area contributed by atoms with Gasteiger partial charge >= 0.3 is 0 Å². The van der Waals surface area contributed by atoms with Crippen LogP contribution in [0.25, 0.3) is 42.0 Å². The lowest BCUT2D eigenvalue weighted by Gasteiger charge is -1.97. The normalized spacial score (nSPS) is 15.0. The molecule has 0 aliphatic carbocycles. The highest BCUT2D eigenvalue weighted by Crippen LogP contribution is 2.16. The highest BCUT2D eigenvalue weighted by Gasteiger charge is 2.16. The number of nitrogens with zero attached hydrogens (tertiary/aromatic N) is 1. The summed E-state index contributed by atoms with van der Waals surface area (Å²) >= 11 is 0. The molecule has 0 aliphatic heterocycles. The number of hydrogen-bond donors (Lipinski definition) is 0. The molecule has 2 rings (SSSR count). The van der Waals surface area contributed by atoms with Gasteiger partial charge in [0.15, 0.2) is 0 Å². The highest BCUT2D eigenvalue weighted by molar-refractivity contribution is 5.82. The Bertz CT molecular complexity index is 1050. The van der Waals surface area contributed by atoms with Gasteiger partial charge in [-0.1, -0.05) is 67.8 Å². The first kappa shape index (κ1) is 18.5. The molecule has 1 heteroatoms. The number of fused-ring (bicyclic) bond motifs is 1. The van der Waals surface area contributed by atoms with Crippen LogP contribution in [0.4, 0.5) is 0 Å². The average molecular weight is 329 g/mol. The SMILES string of the molecule is C=C/C=c1/c(/C=C\C)c(/C=C\C)n2c(=C/C=C\C)/c(=C\C)c(C=C)c12. The predicted octanol–water partition coefficient (Wildman–Crippen LogP) is 4.49. The van der Waals surface area contributed by atoms with E-state index in [9.17, 15) is 0 Å². The van der Waals surface area contributed by atoms with Crippen molar-refractivity contribution in [2.45, 2.75) is 27.7 Å². The smallest absolute Gasteiger partial charge is 0.0620 e.